The average molecular weight is 337 g/mol. The Hall–Kier alpha value is -1.67. The summed E-state index contributed by atoms with van der Waals surface area (Å²) in [4.78, 5) is 20.3. The molecule has 0 radical (unpaired) electrons. The van der Waals surface area contributed by atoms with Gasteiger partial charge in [0.05, 0.1) is 22.8 Å². The third kappa shape index (κ3) is 3.56. The molecule has 2 aromatic rings. The molecule has 0 aliphatic carbocycles. The van der Waals surface area contributed by atoms with Gasteiger partial charge in [-0.3, -0.25) is 4.79 Å². The van der Waals surface area contributed by atoms with E-state index in [1.807, 2.05) is 24.3 Å². The maximum atomic E-state index is 11.9. The summed E-state index contributed by atoms with van der Waals surface area (Å²) in [5, 5.41) is 4.43. The third-order valence-corrected chi connectivity index (χ3v) is 6.22. The molecule has 0 spiro atoms. The van der Waals surface area contributed by atoms with E-state index < -0.39 is 9.84 Å². The van der Waals surface area contributed by atoms with Crippen molar-refractivity contribution >= 4 is 38.4 Å². The number of carbonyl (C=O) groups excluding carboxylic acids is 1. The Morgan fingerprint density at radius 2 is 2.14 bits per heavy atom. The van der Waals surface area contributed by atoms with Gasteiger partial charge in [-0.05, 0) is 12.5 Å². The summed E-state index contributed by atoms with van der Waals surface area (Å²) in [5.41, 5.74) is 0.835. The number of carbonyl (C=O) groups is 1. The van der Waals surface area contributed by atoms with Crippen molar-refractivity contribution in [2.45, 2.75) is 17.5 Å². The van der Waals surface area contributed by atoms with Gasteiger partial charge in [0.15, 0.2) is 9.84 Å². The predicted octanol–water partition coefficient (Wildman–Crippen LogP) is 1.03. The fourth-order valence-corrected chi connectivity index (χ4v) is 4.88. The summed E-state index contributed by atoms with van der Waals surface area (Å²) < 4.78 is 22.7. The second kappa shape index (κ2) is 6.21. The first-order chi connectivity index (χ1) is 10.5. The van der Waals surface area contributed by atoms with E-state index >= 15 is 0 Å². The molecule has 116 valence electrons. The second-order valence-corrected chi connectivity index (χ2v) is 8.34. The van der Waals surface area contributed by atoms with Crippen molar-refractivity contribution in [3.05, 3.63) is 30.6 Å². The molecule has 22 heavy (non-hydrogen) atoms. The topological polar surface area (TPSA) is 89.0 Å². The van der Waals surface area contributed by atoms with Crippen LogP contribution in [-0.2, 0) is 14.6 Å². The number of hydrogen-bond donors (Lipinski definition) is 1. The quantitative estimate of drug-likeness (QED) is 0.662. The summed E-state index contributed by atoms with van der Waals surface area (Å²) in [6.07, 6.45) is 1.97. The first kappa shape index (κ1) is 15.2. The molecule has 0 bridgehead atoms. The zero-order valence-corrected chi connectivity index (χ0v) is 13.4. The van der Waals surface area contributed by atoms with E-state index in [1.54, 1.807) is 0 Å². The fourth-order valence-electron chi connectivity index (χ4n) is 2.41. The number of nitrogens with zero attached hydrogens (tertiary/aromatic N) is 2. The standard InChI is InChI=1S/C14H15N3O3S2/c18-13(17-10-5-6-22(19,20)8-10)7-21-14-11-3-1-2-4-12(11)15-9-16-14/h1-4,9-10H,5-8H2,(H,17,18)/t10-/m1/s1. The van der Waals surface area contributed by atoms with Crippen LogP contribution in [0.3, 0.4) is 0 Å². The lowest BCUT2D eigenvalue weighted by molar-refractivity contribution is -0.119. The highest BCUT2D eigenvalue weighted by molar-refractivity contribution is 8.00. The van der Waals surface area contributed by atoms with Gasteiger partial charge in [-0.25, -0.2) is 18.4 Å². The molecule has 1 saturated heterocycles. The minimum atomic E-state index is -2.98. The number of rotatable bonds is 4. The van der Waals surface area contributed by atoms with Crippen molar-refractivity contribution in [2.24, 2.45) is 0 Å². The molecular weight excluding hydrogens is 322 g/mol. The Morgan fingerprint density at radius 3 is 2.91 bits per heavy atom. The summed E-state index contributed by atoms with van der Waals surface area (Å²) >= 11 is 1.33. The van der Waals surface area contributed by atoms with Gasteiger partial charge >= 0.3 is 0 Å². The largest absolute Gasteiger partial charge is 0.352 e. The van der Waals surface area contributed by atoms with Crippen molar-refractivity contribution in [2.75, 3.05) is 17.3 Å². The van der Waals surface area contributed by atoms with E-state index in [-0.39, 0.29) is 29.2 Å². The highest BCUT2D eigenvalue weighted by Crippen LogP contribution is 2.24. The average Bonchev–Trinajstić information content (AvgIpc) is 2.84. The molecule has 1 N–H and O–H groups in total. The van der Waals surface area contributed by atoms with Crippen LogP contribution in [0.4, 0.5) is 0 Å². The van der Waals surface area contributed by atoms with Crippen LogP contribution in [0.25, 0.3) is 10.9 Å². The van der Waals surface area contributed by atoms with Gasteiger partial charge in [-0.2, -0.15) is 0 Å². The van der Waals surface area contributed by atoms with Crippen molar-refractivity contribution in [3.63, 3.8) is 0 Å². The van der Waals surface area contributed by atoms with Crippen LogP contribution in [-0.4, -0.2) is 47.6 Å². The highest BCUT2D eigenvalue weighted by atomic mass is 32.2. The molecule has 0 unspecified atom stereocenters. The van der Waals surface area contributed by atoms with Gasteiger partial charge in [0.25, 0.3) is 0 Å². The van der Waals surface area contributed by atoms with Gasteiger partial charge in [0.2, 0.25) is 5.91 Å². The zero-order chi connectivity index (χ0) is 15.6. The molecule has 1 aromatic carbocycles. The van der Waals surface area contributed by atoms with Crippen LogP contribution in [0, 0.1) is 0 Å². The molecule has 3 rings (SSSR count). The smallest absolute Gasteiger partial charge is 0.230 e. The number of sulfone groups is 1. The Kier molecular flexibility index (Phi) is 4.30. The summed E-state index contributed by atoms with van der Waals surface area (Å²) in [5.74, 6) is 0.230. The summed E-state index contributed by atoms with van der Waals surface area (Å²) in [6.45, 7) is 0. The van der Waals surface area contributed by atoms with Gasteiger partial charge < -0.3 is 5.32 Å². The number of para-hydroxylation sites is 1. The normalized spacial score (nSPS) is 20.1. The van der Waals surface area contributed by atoms with Gasteiger partial charge in [-0.1, -0.05) is 30.0 Å². The van der Waals surface area contributed by atoms with E-state index in [0.717, 1.165) is 15.9 Å². The minimum Gasteiger partial charge on any atom is -0.352 e. The summed E-state index contributed by atoms with van der Waals surface area (Å²) in [6, 6.07) is 7.35. The van der Waals surface area contributed by atoms with E-state index in [4.69, 9.17) is 0 Å². The molecular formula is C14H15N3O3S2. The monoisotopic (exact) mass is 337 g/mol. The molecule has 1 fully saturated rings. The zero-order valence-electron chi connectivity index (χ0n) is 11.7. The van der Waals surface area contributed by atoms with Crippen molar-refractivity contribution in [3.8, 4) is 0 Å². The molecule has 0 saturated carbocycles. The lowest BCUT2D eigenvalue weighted by atomic mass is 10.2. The number of nitrogens with one attached hydrogen (secondary N) is 1. The highest BCUT2D eigenvalue weighted by Gasteiger charge is 2.28. The van der Waals surface area contributed by atoms with Crippen LogP contribution in [0.15, 0.2) is 35.6 Å². The van der Waals surface area contributed by atoms with E-state index in [1.165, 1.54) is 18.1 Å². The number of aromatic nitrogens is 2. The van der Waals surface area contributed by atoms with Crippen LogP contribution in [0.2, 0.25) is 0 Å². The van der Waals surface area contributed by atoms with Crippen molar-refractivity contribution in [1.29, 1.82) is 0 Å². The van der Waals surface area contributed by atoms with Crippen LogP contribution >= 0.6 is 11.8 Å². The lowest BCUT2D eigenvalue weighted by Crippen LogP contribution is -2.36. The van der Waals surface area contributed by atoms with E-state index in [9.17, 15) is 13.2 Å². The Labute approximate surface area is 132 Å². The second-order valence-electron chi connectivity index (χ2n) is 5.15. The Morgan fingerprint density at radius 1 is 1.32 bits per heavy atom. The van der Waals surface area contributed by atoms with Crippen molar-refractivity contribution < 1.29 is 13.2 Å². The SMILES string of the molecule is O=C(CSc1ncnc2ccccc12)N[C@@H]1CCS(=O)(=O)C1. The molecule has 1 amide bonds. The van der Waals surface area contributed by atoms with Crippen LogP contribution in [0.1, 0.15) is 6.42 Å². The van der Waals surface area contributed by atoms with E-state index in [0.29, 0.717) is 6.42 Å². The molecule has 1 aromatic heterocycles. The fraction of sp³-hybridized carbons (Fsp3) is 0.357. The molecule has 1 aliphatic rings. The number of amides is 1. The maximum absolute atomic E-state index is 11.9. The first-order valence-electron chi connectivity index (χ1n) is 6.86. The Bertz CT molecular complexity index is 803. The number of benzene rings is 1. The predicted molar refractivity (Wildman–Crippen MR) is 85.5 cm³/mol. The van der Waals surface area contributed by atoms with Crippen molar-refractivity contribution in [1.82, 2.24) is 15.3 Å². The number of fused-ring (bicyclic) bond motifs is 1. The third-order valence-electron chi connectivity index (χ3n) is 3.44. The maximum Gasteiger partial charge on any atom is 0.230 e. The van der Waals surface area contributed by atoms with Gasteiger partial charge in [0, 0.05) is 11.4 Å². The molecule has 1 atom stereocenters. The minimum absolute atomic E-state index is 0.0415. The molecule has 2 heterocycles. The van der Waals surface area contributed by atoms with Crippen LogP contribution in [0.5, 0.6) is 0 Å². The Balaban J connectivity index is 1.61. The van der Waals surface area contributed by atoms with Gasteiger partial charge in [-0.15, -0.1) is 0 Å². The molecule has 8 heteroatoms. The molecule has 1 aliphatic heterocycles. The summed E-state index contributed by atoms with van der Waals surface area (Å²) in [7, 11) is -2.98. The first-order valence-corrected chi connectivity index (χ1v) is 9.66. The number of thioether (sulfide) groups is 1. The van der Waals surface area contributed by atoms with Crippen LogP contribution < -0.4 is 5.32 Å². The van der Waals surface area contributed by atoms with Gasteiger partial charge in [0.1, 0.15) is 11.4 Å². The lowest BCUT2D eigenvalue weighted by Gasteiger charge is -2.10. The van der Waals surface area contributed by atoms with E-state index in [2.05, 4.69) is 15.3 Å². The molecule has 6 nitrogen and oxygen atoms in total. The number of hydrogen-bond acceptors (Lipinski definition) is 6.